The van der Waals surface area contributed by atoms with Gasteiger partial charge in [0.25, 0.3) is 11.8 Å². The minimum Gasteiger partial charge on any atom is -0.451 e. The second-order valence-corrected chi connectivity index (χ2v) is 7.03. The Morgan fingerprint density at radius 1 is 1.37 bits per heavy atom. The van der Waals surface area contributed by atoms with Crippen molar-refractivity contribution in [1.82, 2.24) is 15.2 Å². The molecule has 1 atom stereocenters. The first kappa shape index (κ1) is 19.1. The van der Waals surface area contributed by atoms with Crippen LogP contribution in [-0.4, -0.2) is 51.9 Å². The molecule has 0 bridgehead atoms. The number of ether oxygens (including phenoxy) is 1. The molecule has 1 aromatic rings. The number of rotatable bonds is 5. The fraction of sp³-hybridized carbons (Fsp3) is 0.471. The molecule has 0 aromatic carbocycles. The molecule has 1 saturated carbocycles. The standard InChI is InChI=1S/C17H19ClN4O5/c1-10(14(24)20-12-5-4-11(18)8-19-12)27-13(23)9-22-15(25)17(21-16(22)26)6-2-3-7-17/h4-5,8,10H,2-3,6-7,9H2,1H3,(H,21,26)(H,19,20,24)/t10-/m1/s1. The summed E-state index contributed by atoms with van der Waals surface area (Å²) in [5.41, 5.74) is -0.888. The van der Waals surface area contributed by atoms with E-state index in [1.807, 2.05) is 0 Å². The topological polar surface area (TPSA) is 118 Å². The highest BCUT2D eigenvalue weighted by atomic mass is 35.5. The molecule has 1 saturated heterocycles. The van der Waals surface area contributed by atoms with Crippen LogP contribution in [0.4, 0.5) is 10.6 Å². The molecule has 2 fully saturated rings. The molecule has 1 aliphatic heterocycles. The molecule has 4 amide bonds. The Balaban J connectivity index is 1.54. The number of halogens is 1. The Bertz CT molecular complexity index is 776. The zero-order valence-corrected chi connectivity index (χ0v) is 15.4. The van der Waals surface area contributed by atoms with Crippen molar-refractivity contribution in [3.05, 3.63) is 23.4 Å². The number of carbonyl (C=O) groups excluding carboxylic acids is 4. The van der Waals surface area contributed by atoms with Gasteiger partial charge < -0.3 is 15.4 Å². The molecule has 144 valence electrons. The number of esters is 1. The van der Waals surface area contributed by atoms with Crippen LogP contribution in [0.5, 0.6) is 0 Å². The van der Waals surface area contributed by atoms with Crippen LogP contribution < -0.4 is 10.6 Å². The molecular weight excluding hydrogens is 376 g/mol. The van der Waals surface area contributed by atoms with Gasteiger partial charge in [-0.2, -0.15) is 0 Å². The van der Waals surface area contributed by atoms with Crippen molar-refractivity contribution in [2.75, 3.05) is 11.9 Å². The van der Waals surface area contributed by atoms with Crippen molar-refractivity contribution in [3.63, 3.8) is 0 Å². The lowest BCUT2D eigenvalue weighted by molar-refractivity contribution is -0.155. The molecule has 2 aliphatic rings. The fourth-order valence-corrected chi connectivity index (χ4v) is 3.34. The highest BCUT2D eigenvalue weighted by Gasteiger charge is 2.52. The number of urea groups is 1. The summed E-state index contributed by atoms with van der Waals surface area (Å²) in [6.07, 6.45) is 3.06. The summed E-state index contributed by atoms with van der Waals surface area (Å²) < 4.78 is 5.04. The van der Waals surface area contributed by atoms with Crippen molar-refractivity contribution >= 4 is 41.2 Å². The average Bonchev–Trinajstić information content (AvgIpc) is 3.18. The van der Waals surface area contributed by atoms with Gasteiger partial charge in [-0.3, -0.25) is 19.3 Å². The van der Waals surface area contributed by atoms with Gasteiger partial charge in [-0.15, -0.1) is 0 Å². The Labute approximate surface area is 160 Å². The summed E-state index contributed by atoms with van der Waals surface area (Å²) in [6.45, 7) is 0.844. The van der Waals surface area contributed by atoms with E-state index >= 15 is 0 Å². The number of imide groups is 1. The fourth-order valence-electron chi connectivity index (χ4n) is 3.23. The smallest absolute Gasteiger partial charge is 0.327 e. The van der Waals surface area contributed by atoms with Gasteiger partial charge in [0.1, 0.15) is 17.9 Å². The molecule has 1 aliphatic carbocycles. The van der Waals surface area contributed by atoms with Gasteiger partial charge in [0, 0.05) is 6.20 Å². The number of nitrogens with zero attached hydrogens (tertiary/aromatic N) is 2. The van der Waals surface area contributed by atoms with E-state index in [-0.39, 0.29) is 5.82 Å². The molecular formula is C17H19ClN4O5. The molecule has 3 rings (SSSR count). The monoisotopic (exact) mass is 394 g/mol. The van der Waals surface area contributed by atoms with Crippen LogP contribution in [-0.2, 0) is 19.1 Å². The van der Waals surface area contributed by atoms with Crippen molar-refractivity contribution in [2.24, 2.45) is 0 Å². The van der Waals surface area contributed by atoms with Gasteiger partial charge in [0.15, 0.2) is 6.10 Å². The number of nitrogens with one attached hydrogen (secondary N) is 2. The van der Waals surface area contributed by atoms with E-state index < -0.39 is 42.0 Å². The third kappa shape index (κ3) is 4.02. The SMILES string of the molecule is C[C@@H](OC(=O)CN1C(=O)NC2(CCCC2)C1=O)C(=O)Nc1ccc(Cl)cn1. The molecule has 9 nitrogen and oxygen atoms in total. The lowest BCUT2D eigenvalue weighted by atomic mass is 9.98. The van der Waals surface area contributed by atoms with Crippen LogP contribution in [0, 0.1) is 0 Å². The molecule has 0 radical (unpaired) electrons. The van der Waals surface area contributed by atoms with Crippen LogP contribution in [0.3, 0.4) is 0 Å². The minimum atomic E-state index is -1.13. The van der Waals surface area contributed by atoms with E-state index in [9.17, 15) is 19.2 Å². The Morgan fingerprint density at radius 3 is 2.70 bits per heavy atom. The van der Waals surface area contributed by atoms with Gasteiger partial charge in [-0.05, 0) is 31.9 Å². The highest BCUT2D eigenvalue weighted by molar-refractivity contribution is 6.30. The number of carbonyl (C=O) groups is 4. The number of pyridine rings is 1. The molecule has 2 N–H and O–H groups in total. The van der Waals surface area contributed by atoms with Crippen molar-refractivity contribution in [3.8, 4) is 0 Å². The summed E-state index contributed by atoms with van der Waals surface area (Å²) in [5, 5.41) is 5.58. The summed E-state index contributed by atoms with van der Waals surface area (Å²) in [7, 11) is 0. The van der Waals surface area contributed by atoms with E-state index in [0.29, 0.717) is 17.9 Å². The molecule has 1 spiro atoms. The van der Waals surface area contributed by atoms with E-state index in [0.717, 1.165) is 17.7 Å². The van der Waals surface area contributed by atoms with Crippen LogP contribution in [0.2, 0.25) is 5.02 Å². The molecule has 1 aromatic heterocycles. The average molecular weight is 395 g/mol. The second kappa shape index (κ2) is 7.51. The number of amides is 4. The molecule has 27 heavy (non-hydrogen) atoms. The van der Waals surface area contributed by atoms with Gasteiger partial charge in [-0.25, -0.2) is 9.78 Å². The molecule has 0 unspecified atom stereocenters. The maximum atomic E-state index is 12.5. The zero-order valence-electron chi connectivity index (χ0n) is 14.7. The van der Waals surface area contributed by atoms with Crippen LogP contribution in [0.1, 0.15) is 32.6 Å². The zero-order chi connectivity index (χ0) is 19.6. The van der Waals surface area contributed by atoms with Gasteiger partial charge in [0.2, 0.25) is 0 Å². The lowest BCUT2D eigenvalue weighted by Gasteiger charge is -2.20. The third-order valence-electron chi connectivity index (χ3n) is 4.65. The van der Waals surface area contributed by atoms with Crippen LogP contribution in [0.15, 0.2) is 18.3 Å². The third-order valence-corrected chi connectivity index (χ3v) is 4.87. The first-order valence-corrected chi connectivity index (χ1v) is 8.94. The number of anilines is 1. The van der Waals surface area contributed by atoms with Gasteiger partial charge in [-0.1, -0.05) is 24.4 Å². The predicted molar refractivity (Wildman–Crippen MR) is 94.9 cm³/mol. The van der Waals surface area contributed by atoms with E-state index in [1.54, 1.807) is 6.07 Å². The van der Waals surface area contributed by atoms with Gasteiger partial charge >= 0.3 is 12.0 Å². The number of aromatic nitrogens is 1. The number of hydrogen-bond acceptors (Lipinski definition) is 6. The number of hydrogen-bond donors (Lipinski definition) is 2. The summed E-state index contributed by atoms with van der Waals surface area (Å²) >= 11 is 5.72. The Morgan fingerprint density at radius 2 is 2.07 bits per heavy atom. The van der Waals surface area contributed by atoms with Crippen LogP contribution in [0.25, 0.3) is 0 Å². The summed E-state index contributed by atoms with van der Waals surface area (Å²) in [6, 6.07) is 2.45. The van der Waals surface area contributed by atoms with E-state index in [1.165, 1.54) is 19.2 Å². The van der Waals surface area contributed by atoms with Crippen LogP contribution >= 0.6 is 11.6 Å². The van der Waals surface area contributed by atoms with E-state index in [2.05, 4.69) is 15.6 Å². The predicted octanol–water partition coefficient (Wildman–Crippen LogP) is 1.47. The van der Waals surface area contributed by atoms with E-state index in [4.69, 9.17) is 16.3 Å². The van der Waals surface area contributed by atoms with Gasteiger partial charge in [0.05, 0.1) is 5.02 Å². The Hall–Kier alpha value is -2.68. The minimum absolute atomic E-state index is 0.254. The lowest BCUT2D eigenvalue weighted by Crippen LogP contribution is -2.44. The maximum absolute atomic E-state index is 12.5. The Kier molecular flexibility index (Phi) is 5.31. The van der Waals surface area contributed by atoms with Crippen molar-refractivity contribution in [1.29, 1.82) is 0 Å². The largest absolute Gasteiger partial charge is 0.451 e. The summed E-state index contributed by atoms with van der Waals surface area (Å²) in [4.78, 5) is 53.5. The molecule has 2 heterocycles. The second-order valence-electron chi connectivity index (χ2n) is 6.59. The molecule has 10 heteroatoms. The maximum Gasteiger partial charge on any atom is 0.327 e. The summed E-state index contributed by atoms with van der Waals surface area (Å²) in [5.74, 6) is -1.60. The normalized spacial score (nSPS) is 19.1. The van der Waals surface area contributed by atoms with Crippen molar-refractivity contribution < 1.29 is 23.9 Å². The first-order valence-electron chi connectivity index (χ1n) is 8.57. The highest BCUT2D eigenvalue weighted by Crippen LogP contribution is 2.34. The van der Waals surface area contributed by atoms with Crippen molar-refractivity contribution in [2.45, 2.75) is 44.2 Å². The quantitative estimate of drug-likeness (QED) is 0.576. The first-order chi connectivity index (χ1) is 12.8.